The molecule has 4 nitrogen and oxygen atoms in total. The van der Waals surface area contributed by atoms with Crippen molar-refractivity contribution >= 4 is 29.4 Å². The molecule has 0 atom stereocenters. The van der Waals surface area contributed by atoms with Gasteiger partial charge in [0.25, 0.3) is 5.91 Å². The fraction of sp³-hybridized carbons (Fsp3) is 0.500. The van der Waals surface area contributed by atoms with Gasteiger partial charge < -0.3 is 10.1 Å². The van der Waals surface area contributed by atoms with E-state index in [1.165, 1.54) is 67.8 Å². The largest absolute Gasteiger partial charge is 0.484 e. The van der Waals surface area contributed by atoms with Gasteiger partial charge in [0.1, 0.15) is 5.75 Å². The van der Waals surface area contributed by atoms with Crippen molar-refractivity contribution in [1.82, 2.24) is 10.2 Å². The van der Waals surface area contributed by atoms with Gasteiger partial charge >= 0.3 is 0 Å². The van der Waals surface area contributed by atoms with Crippen molar-refractivity contribution in [3.8, 4) is 5.75 Å². The first-order chi connectivity index (χ1) is 15.8. The first kappa shape index (κ1) is 23.5. The fourth-order valence-electron chi connectivity index (χ4n) is 4.12. The lowest BCUT2D eigenvalue weighted by atomic mass is 10.1. The monoisotopic (exact) mass is 470 g/mol. The second kappa shape index (κ2) is 12.6. The molecule has 0 radical (unpaired) electrons. The van der Waals surface area contributed by atoms with Crippen LogP contribution in [0.25, 0.3) is 0 Å². The number of hydrogen-bond acceptors (Lipinski definition) is 5. The molecular weight excluding hydrogens is 436 g/mol. The minimum atomic E-state index is -0.0962. The van der Waals surface area contributed by atoms with Gasteiger partial charge in [-0.1, -0.05) is 49.2 Å². The van der Waals surface area contributed by atoms with E-state index in [-0.39, 0.29) is 12.5 Å². The highest BCUT2D eigenvalue weighted by molar-refractivity contribution is 8.16. The average molecular weight is 471 g/mol. The summed E-state index contributed by atoms with van der Waals surface area (Å²) in [5.74, 6) is 3.11. The SMILES string of the molecule is O=C(COc1ccc(C2SCCCS2)cc1)NCc1ccc(CN2CCCCCC2)cc1. The van der Waals surface area contributed by atoms with Crippen LogP contribution in [0.15, 0.2) is 48.5 Å². The Morgan fingerprint density at radius 1 is 0.875 bits per heavy atom. The second-order valence-corrected chi connectivity index (χ2v) is 11.3. The Labute approximate surface area is 200 Å². The molecule has 2 heterocycles. The average Bonchev–Trinajstić information content (AvgIpc) is 3.12. The number of amides is 1. The van der Waals surface area contributed by atoms with Crippen molar-refractivity contribution in [1.29, 1.82) is 0 Å². The molecule has 2 aliphatic rings. The third-order valence-electron chi connectivity index (χ3n) is 5.97. The van der Waals surface area contributed by atoms with Crippen LogP contribution < -0.4 is 10.1 Å². The lowest BCUT2D eigenvalue weighted by Crippen LogP contribution is -2.28. The molecule has 0 bridgehead atoms. The van der Waals surface area contributed by atoms with Crippen LogP contribution in [0.1, 0.15) is 53.4 Å². The third kappa shape index (κ3) is 7.46. The van der Waals surface area contributed by atoms with E-state index in [0.717, 1.165) is 17.9 Å². The molecule has 0 saturated carbocycles. The topological polar surface area (TPSA) is 41.6 Å². The van der Waals surface area contributed by atoms with Gasteiger partial charge in [-0.3, -0.25) is 9.69 Å². The van der Waals surface area contributed by atoms with Gasteiger partial charge in [-0.25, -0.2) is 0 Å². The van der Waals surface area contributed by atoms with Crippen LogP contribution in [0.2, 0.25) is 0 Å². The lowest BCUT2D eigenvalue weighted by Gasteiger charge is -2.21. The molecule has 0 spiro atoms. The van der Waals surface area contributed by atoms with Crippen LogP contribution in [0.4, 0.5) is 0 Å². The van der Waals surface area contributed by atoms with Crippen molar-refractivity contribution < 1.29 is 9.53 Å². The lowest BCUT2D eigenvalue weighted by molar-refractivity contribution is -0.123. The van der Waals surface area contributed by atoms with Gasteiger partial charge in [0.2, 0.25) is 0 Å². The highest BCUT2D eigenvalue weighted by atomic mass is 32.2. The van der Waals surface area contributed by atoms with E-state index in [1.807, 2.05) is 35.7 Å². The number of carbonyl (C=O) groups excluding carboxylic acids is 1. The zero-order valence-electron chi connectivity index (χ0n) is 18.8. The molecular formula is C26H34N2O2S2. The molecule has 2 fully saturated rings. The molecule has 1 N–H and O–H groups in total. The molecule has 2 aromatic carbocycles. The molecule has 0 aromatic heterocycles. The number of thioether (sulfide) groups is 2. The minimum absolute atomic E-state index is 0.0410. The fourth-order valence-corrected chi connectivity index (χ4v) is 7.01. The van der Waals surface area contributed by atoms with Crippen LogP contribution in [0, 0.1) is 0 Å². The smallest absolute Gasteiger partial charge is 0.258 e. The highest BCUT2D eigenvalue weighted by Gasteiger charge is 2.16. The first-order valence-corrected chi connectivity index (χ1v) is 13.9. The number of rotatable bonds is 8. The predicted octanol–water partition coefficient (Wildman–Crippen LogP) is 5.63. The molecule has 0 unspecified atom stereocenters. The van der Waals surface area contributed by atoms with Crippen LogP contribution in [-0.2, 0) is 17.9 Å². The normalized spacial score (nSPS) is 18.1. The summed E-state index contributed by atoms with van der Waals surface area (Å²) in [6, 6.07) is 16.8. The minimum Gasteiger partial charge on any atom is -0.484 e. The zero-order valence-corrected chi connectivity index (χ0v) is 20.4. The Hall–Kier alpha value is -1.63. The maximum atomic E-state index is 12.2. The summed E-state index contributed by atoms with van der Waals surface area (Å²) >= 11 is 4.02. The number of nitrogens with one attached hydrogen (secondary N) is 1. The Kier molecular flexibility index (Phi) is 9.24. The molecule has 2 aliphatic heterocycles. The molecule has 0 aliphatic carbocycles. The van der Waals surface area contributed by atoms with Crippen molar-refractivity contribution in [2.24, 2.45) is 0 Å². The summed E-state index contributed by atoms with van der Waals surface area (Å²) in [6.07, 6.45) is 6.65. The number of nitrogens with zero attached hydrogens (tertiary/aromatic N) is 1. The van der Waals surface area contributed by atoms with E-state index in [0.29, 0.717) is 11.1 Å². The van der Waals surface area contributed by atoms with Crippen molar-refractivity contribution in [2.45, 2.75) is 49.8 Å². The quantitative estimate of drug-likeness (QED) is 0.542. The van der Waals surface area contributed by atoms with Gasteiger partial charge in [-0.05, 0) is 72.7 Å². The summed E-state index contributed by atoms with van der Waals surface area (Å²) in [4.78, 5) is 14.8. The van der Waals surface area contributed by atoms with Gasteiger partial charge in [-0.15, -0.1) is 23.5 Å². The zero-order chi connectivity index (χ0) is 22.0. The number of ether oxygens (including phenoxy) is 1. The number of hydrogen-bond donors (Lipinski definition) is 1. The molecule has 32 heavy (non-hydrogen) atoms. The van der Waals surface area contributed by atoms with Crippen LogP contribution >= 0.6 is 23.5 Å². The van der Waals surface area contributed by atoms with E-state index < -0.39 is 0 Å². The van der Waals surface area contributed by atoms with Gasteiger partial charge in [0.15, 0.2) is 6.61 Å². The Balaban J connectivity index is 1.17. The summed E-state index contributed by atoms with van der Waals surface area (Å²) < 4.78 is 6.21. The molecule has 1 amide bonds. The van der Waals surface area contributed by atoms with Gasteiger partial charge in [0.05, 0.1) is 4.58 Å². The van der Waals surface area contributed by atoms with Crippen molar-refractivity contribution in [3.05, 3.63) is 65.2 Å². The van der Waals surface area contributed by atoms with Crippen LogP contribution in [-0.4, -0.2) is 42.0 Å². The van der Waals surface area contributed by atoms with Crippen molar-refractivity contribution in [3.63, 3.8) is 0 Å². The molecule has 172 valence electrons. The van der Waals surface area contributed by atoms with E-state index in [2.05, 4.69) is 46.6 Å². The summed E-state index contributed by atoms with van der Waals surface area (Å²) in [5, 5.41) is 2.96. The predicted molar refractivity (Wildman–Crippen MR) is 136 cm³/mol. The number of carbonyl (C=O) groups is 1. The van der Waals surface area contributed by atoms with E-state index in [9.17, 15) is 4.79 Å². The van der Waals surface area contributed by atoms with Crippen molar-refractivity contribution in [2.75, 3.05) is 31.2 Å². The van der Waals surface area contributed by atoms with E-state index in [4.69, 9.17) is 4.74 Å². The maximum Gasteiger partial charge on any atom is 0.258 e. The highest BCUT2D eigenvalue weighted by Crippen LogP contribution is 2.43. The summed E-state index contributed by atoms with van der Waals surface area (Å²) in [7, 11) is 0. The Morgan fingerprint density at radius 3 is 2.22 bits per heavy atom. The third-order valence-corrected chi connectivity index (χ3v) is 8.98. The molecule has 6 heteroatoms. The maximum absolute atomic E-state index is 12.2. The second-order valence-electron chi connectivity index (χ2n) is 8.57. The van der Waals surface area contributed by atoms with Gasteiger partial charge in [-0.2, -0.15) is 0 Å². The molecule has 4 rings (SSSR count). The van der Waals surface area contributed by atoms with E-state index >= 15 is 0 Å². The number of likely N-dealkylation sites (tertiary alicyclic amines) is 1. The Bertz CT molecular complexity index is 828. The van der Waals surface area contributed by atoms with Crippen LogP contribution in [0.5, 0.6) is 5.75 Å². The standard InChI is InChI=1S/C26H34N2O2S2/c29-25(20-30-24-12-10-23(11-13-24)26-31-16-5-17-32-26)27-18-21-6-8-22(9-7-21)19-28-14-3-1-2-4-15-28/h6-13,26H,1-5,14-20H2,(H,27,29). The molecule has 2 saturated heterocycles. The summed E-state index contributed by atoms with van der Waals surface area (Å²) in [5.41, 5.74) is 3.79. The summed E-state index contributed by atoms with van der Waals surface area (Å²) in [6.45, 7) is 4.01. The van der Waals surface area contributed by atoms with Crippen LogP contribution in [0.3, 0.4) is 0 Å². The number of benzene rings is 2. The Morgan fingerprint density at radius 2 is 1.53 bits per heavy atom. The van der Waals surface area contributed by atoms with Gasteiger partial charge in [0, 0.05) is 13.1 Å². The van der Waals surface area contributed by atoms with E-state index in [1.54, 1.807) is 0 Å². The first-order valence-electron chi connectivity index (χ1n) is 11.8. The molecule has 2 aromatic rings.